The van der Waals surface area contributed by atoms with Gasteiger partial charge in [0.25, 0.3) is 0 Å². The number of carbonyl (C=O) groups excluding carboxylic acids is 2. The second-order valence-corrected chi connectivity index (χ2v) is 6.52. The Kier molecular flexibility index (Phi) is 2.42. The Labute approximate surface area is 124 Å². The first-order chi connectivity index (χ1) is 10.0. The van der Waals surface area contributed by atoms with Crippen LogP contribution in [0.2, 0.25) is 0 Å². The molecule has 1 N–H and O–H groups in total. The summed E-state index contributed by atoms with van der Waals surface area (Å²) in [5.74, 6) is -2.11. The molecule has 0 aromatic carbocycles. The second-order valence-electron chi connectivity index (χ2n) is 5.77. The van der Waals surface area contributed by atoms with Crippen LogP contribution in [0.4, 0.5) is 5.00 Å². The minimum absolute atomic E-state index is 0.0398. The van der Waals surface area contributed by atoms with Gasteiger partial charge in [0.1, 0.15) is 10.6 Å². The minimum atomic E-state index is -1.16. The number of hydrogen-bond acceptors (Lipinski definition) is 5. The summed E-state index contributed by atoms with van der Waals surface area (Å²) in [4.78, 5) is 37.7. The normalized spacial score (nSPS) is 33.1. The standard InChI is InChI=1S/C14H12N2O4S/c1-5-8(14(19)20)13(21-15-5)16-11(17)9-6-2-3-7(4-6)10(9)12(16)18/h2-3,6-7,9-10H,4H2,1H3,(H,19,20). The number of nitrogens with zero attached hydrogens (tertiary/aromatic N) is 2. The van der Waals surface area contributed by atoms with Gasteiger partial charge >= 0.3 is 5.97 Å². The minimum Gasteiger partial charge on any atom is -0.478 e. The number of amides is 2. The van der Waals surface area contributed by atoms with E-state index in [4.69, 9.17) is 0 Å². The van der Waals surface area contributed by atoms with Gasteiger partial charge in [-0.3, -0.25) is 9.59 Å². The zero-order chi connectivity index (χ0) is 14.9. The Morgan fingerprint density at radius 1 is 1.29 bits per heavy atom. The Hall–Kier alpha value is -2.02. The van der Waals surface area contributed by atoms with Gasteiger partial charge in [-0.2, -0.15) is 4.37 Å². The third kappa shape index (κ3) is 1.47. The highest BCUT2D eigenvalue weighted by Crippen LogP contribution is 2.53. The van der Waals surface area contributed by atoms with Crippen LogP contribution in [0, 0.1) is 30.6 Å². The molecule has 4 rings (SSSR count). The van der Waals surface area contributed by atoms with Crippen molar-refractivity contribution < 1.29 is 19.5 Å². The molecule has 1 saturated heterocycles. The molecule has 2 amide bonds. The number of imide groups is 1. The average Bonchev–Trinajstić information content (AvgIpc) is 3.14. The number of carbonyl (C=O) groups is 3. The van der Waals surface area contributed by atoms with Crippen molar-refractivity contribution >= 4 is 34.3 Å². The van der Waals surface area contributed by atoms with Crippen LogP contribution in [-0.2, 0) is 9.59 Å². The lowest BCUT2D eigenvalue weighted by molar-refractivity contribution is -0.123. The van der Waals surface area contributed by atoms with Crippen LogP contribution in [0.3, 0.4) is 0 Å². The van der Waals surface area contributed by atoms with Crippen molar-refractivity contribution in [3.63, 3.8) is 0 Å². The fraction of sp³-hybridized carbons (Fsp3) is 0.429. The van der Waals surface area contributed by atoms with E-state index in [0.29, 0.717) is 5.69 Å². The van der Waals surface area contributed by atoms with Crippen LogP contribution < -0.4 is 4.90 Å². The predicted octanol–water partition coefficient (Wildman–Crippen LogP) is 1.46. The van der Waals surface area contributed by atoms with Crippen LogP contribution in [0.15, 0.2) is 12.2 Å². The predicted molar refractivity (Wildman–Crippen MR) is 74.0 cm³/mol. The third-order valence-corrected chi connectivity index (χ3v) is 5.66. The number of fused-ring (bicyclic) bond motifs is 5. The van der Waals surface area contributed by atoms with E-state index >= 15 is 0 Å². The summed E-state index contributed by atoms with van der Waals surface area (Å²) < 4.78 is 4.00. The lowest BCUT2D eigenvalue weighted by Gasteiger charge is -2.15. The van der Waals surface area contributed by atoms with Gasteiger partial charge < -0.3 is 5.11 Å². The Bertz CT molecular complexity index is 693. The van der Waals surface area contributed by atoms with Crippen LogP contribution in [-0.4, -0.2) is 27.3 Å². The van der Waals surface area contributed by atoms with Gasteiger partial charge in [0.15, 0.2) is 0 Å². The van der Waals surface area contributed by atoms with Gasteiger partial charge in [-0.05, 0) is 36.7 Å². The monoisotopic (exact) mass is 304 g/mol. The summed E-state index contributed by atoms with van der Waals surface area (Å²) in [5, 5.41) is 9.45. The van der Waals surface area contributed by atoms with Gasteiger partial charge in [-0.15, -0.1) is 0 Å². The second kappa shape index (κ2) is 4.00. The van der Waals surface area contributed by atoms with Crippen molar-refractivity contribution in [2.24, 2.45) is 23.7 Å². The molecule has 3 aliphatic rings. The van der Waals surface area contributed by atoms with E-state index in [0.717, 1.165) is 22.9 Å². The summed E-state index contributed by atoms with van der Waals surface area (Å²) in [5.41, 5.74) is 0.295. The van der Waals surface area contributed by atoms with Crippen molar-refractivity contribution in [2.75, 3.05) is 4.90 Å². The molecule has 2 heterocycles. The number of aromatic carboxylic acids is 1. The summed E-state index contributed by atoms with van der Waals surface area (Å²) in [6.45, 7) is 1.57. The largest absolute Gasteiger partial charge is 0.478 e. The van der Waals surface area contributed by atoms with E-state index in [1.165, 1.54) is 0 Å². The molecule has 0 radical (unpaired) electrons. The molecule has 0 spiro atoms. The Morgan fingerprint density at radius 3 is 2.38 bits per heavy atom. The molecular weight excluding hydrogens is 292 g/mol. The highest BCUT2D eigenvalue weighted by Gasteiger charge is 2.60. The van der Waals surface area contributed by atoms with Gasteiger partial charge in [0, 0.05) is 0 Å². The smallest absolute Gasteiger partial charge is 0.340 e. The fourth-order valence-corrected chi connectivity index (χ4v) is 4.76. The van der Waals surface area contributed by atoms with Crippen LogP contribution in [0.1, 0.15) is 22.5 Å². The summed E-state index contributed by atoms with van der Waals surface area (Å²) in [6, 6.07) is 0. The molecule has 1 aliphatic heterocycles. The zero-order valence-electron chi connectivity index (χ0n) is 11.1. The third-order valence-electron chi connectivity index (χ3n) is 4.73. The molecular formula is C14H12N2O4S. The number of hydrogen-bond donors (Lipinski definition) is 1. The highest BCUT2D eigenvalue weighted by molar-refractivity contribution is 7.11. The molecule has 21 heavy (non-hydrogen) atoms. The Balaban J connectivity index is 1.80. The highest BCUT2D eigenvalue weighted by atomic mass is 32.1. The number of allylic oxidation sites excluding steroid dienone is 2. The van der Waals surface area contributed by atoms with Gasteiger partial charge in [0.2, 0.25) is 11.8 Å². The number of carboxylic acid groups (broad SMARTS) is 1. The molecule has 2 aliphatic carbocycles. The Morgan fingerprint density at radius 2 is 1.86 bits per heavy atom. The maximum absolute atomic E-state index is 12.6. The lowest BCUT2D eigenvalue weighted by atomic mass is 9.85. The van der Waals surface area contributed by atoms with Crippen LogP contribution >= 0.6 is 11.5 Å². The van der Waals surface area contributed by atoms with Crippen molar-refractivity contribution in [3.05, 3.63) is 23.4 Å². The molecule has 108 valence electrons. The van der Waals surface area contributed by atoms with E-state index < -0.39 is 5.97 Å². The zero-order valence-corrected chi connectivity index (χ0v) is 12.0. The average molecular weight is 304 g/mol. The topological polar surface area (TPSA) is 87.6 Å². The molecule has 1 aromatic heterocycles. The van der Waals surface area contributed by atoms with E-state index in [1.807, 2.05) is 12.2 Å². The van der Waals surface area contributed by atoms with E-state index in [9.17, 15) is 19.5 Å². The maximum Gasteiger partial charge on any atom is 0.340 e. The number of carboxylic acids is 1. The summed E-state index contributed by atoms with van der Waals surface area (Å²) >= 11 is 0.904. The molecule has 4 unspecified atom stereocenters. The van der Waals surface area contributed by atoms with Crippen LogP contribution in [0.25, 0.3) is 0 Å². The first-order valence-corrected chi connectivity index (χ1v) is 7.53. The number of aryl methyl sites for hydroxylation is 1. The molecule has 4 atom stereocenters. The van der Waals surface area contributed by atoms with Crippen molar-refractivity contribution in [1.82, 2.24) is 4.37 Å². The first kappa shape index (κ1) is 12.7. The molecule has 2 bridgehead atoms. The number of rotatable bonds is 2. The van der Waals surface area contributed by atoms with Crippen molar-refractivity contribution in [2.45, 2.75) is 13.3 Å². The lowest BCUT2D eigenvalue weighted by Crippen LogP contribution is -2.33. The molecule has 1 aromatic rings. The van der Waals surface area contributed by atoms with Gasteiger partial charge in [-0.1, -0.05) is 12.2 Å². The number of anilines is 1. The molecule has 7 heteroatoms. The fourth-order valence-electron chi connectivity index (χ4n) is 3.86. The van der Waals surface area contributed by atoms with Crippen LogP contribution in [0.5, 0.6) is 0 Å². The quantitative estimate of drug-likeness (QED) is 0.660. The van der Waals surface area contributed by atoms with E-state index in [2.05, 4.69) is 4.37 Å². The van der Waals surface area contributed by atoms with E-state index in [1.54, 1.807) is 6.92 Å². The van der Waals surface area contributed by atoms with Crippen molar-refractivity contribution in [1.29, 1.82) is 0 Å². The SMILES string of the molecule is Cc1nsc(N2C(=O)C3C4C=CC(C4)C3C2=O)c1C(=O)O. The van der Waals surface area contributed by atoms with Crippen molar-refractivity contribution in [3.8, 4) is 0 Å². The summed E-state index contributed by atoms with van der Waals surface area (Å²) in [6.07, 6.45) is 4.88. The summed E-state index contributed by atoms with van der Waals surface area (Å²) in [7, 11) is 0. The molecule has 2 fully saturated rings. The van der Waals surface area contributed by atoms with Gasteiger partial charge in [-0.25, -0.2) is 9.69 Å². The van der Waals surface area contributed by atoms with E-state index in [-0.39, 0.29) is 46.1 Å². The first-order valence-electron chi connectivity index (χ1n) is 6.76. The molecule has 6 nitrogen and oxygen atoms in total. The molecule has 1 saturated carbocycles. The number of aromatic nitrogens is 1. The maximum atomic E-state index is 12.6. The van der Waals surface area contributed by atoms with Gasteiger partial charge in [0.05, 0.1) is 17.5 Å².